The molecule has 1 fully saturated rings. The van der Waals surface area contributed by atoms with Gasteiger partial charge in [-0.25, -0.2) is 0 Å². The molecular formula is C14H26N4. The van der Waals surface area contributed by atoms with Crippen LogP contribution in [-0.4, -0.2) is 40.4 Å². The lowest BCUT2D eigenvalue weighted by atomic mass is 10.2. The van der Waals surface area contributed by atoms with Gasteiger partial charge in [0.2, 0.25) is 0 Å². The van der Waals surface area contributed by atoms with Crippen LogP contribution in [0.4, 0.5) is 0 Å². The lowest BCUT2D eigenvalue weighted by Crippen LogP contribution is -2.48. The van der Waals surface area contributed by atoms with Crippen molar-refractivity contribution in [1.29, 1.82) is 0 Å². The molecule has 1 aromatic heterocycles. The van der Waals surface area contributed by atoms with Crippen molar-refractivity contribution in [2.45, 2.75) is 52.2 Å². The average Bonchev–Trinajstić information content (AvgIpc) is 2.79. The highest BCUT2D eigenvalue weighted by Crippen LogP contribution is 2.15. The molecule has 1 aliphatic rings. The van der Waals surface area contributed by atoms with Gasteiger partial charge in [-0.05, 0) is 25.8 Å². The molecule has 1 N–H and O–H groups in total. The second-order valence-electron chi connectivity index (χ2n) is 5.35. The van der Waals surface area contributed by atoms with Gasteiger partial charge >= 0.3 is 0 Å². The Bertz CT molecular complexity index is 356. The number of piperazine rings is 1. The largest absolute Gasteiger partial charge is 0.312 e. The third kappa shape index (κ3) is 3.33. The first-order valence-corrected chi connectivity index (χ1v) is 7.22. The van der Waals surface area contributed by atoms with E-state index >= 15 is 0 Å². The fourth-order valence-corrected chi connectivity index (χ4v) is 2.71. The second-order valence-corrected chi connectivity index (χ2v) is 5.35. The minimum absolute atomic E-state index is 0.556. The summed E-state index contributed by atoms with van der Waals surface area (Å²) in [5, 5.41) is 8.20. The van der Waals surface area contributed by atoms with Crippen LogP contribution in [0.15, 0.2) is 12.3 Å². The van der Waals surface area contributed by atoms with Crippen LogP contribution >= 0.6 is 0 Å². The summed E-state index contributed by atoms with van der Waals surface area (Å²) in [7, 11) is 0. The monoisotopic (exact) mass is 250 g/mol. The van der Waals surface area contributed by atoms with Crippen LogP contribution < -0.4 is 5.32 Å². The Kier molecular flexibility index (Phi) is 4.78. The van der Waals surface area contributed by atoms with Crippen molar-refractivity contribution >= 4 is 0 Å². The van der Waals surface area contributed by atoms with Gasteiger partial charge in [0, 0.05) is 38.4 Å². The summed E-state index contributed by atoms with van der Waals surface area (Å²) >= 11 is 0. The fraction of sp³-hybridized carbons (Fsp3) is 0.786. The second kappa shape index (κ2) is 6.34. The predicted molar refractivity (Wildman–Crippen MR) is 74.6 cm³/mol. The summed E-state index contributed by atoms with van der Waals surface area (Å²) in [6, 6.07) is 3.32. The summed E-state index contributed by atoms with van der Waals surface area (Å²) in [6.45, 7) is 11.0. The molecule has 0 aliphatic carbocycles. The van der Waals surface area contributed by atoms with Gasteiger partial charge in [0.15, 0.2) is 0 Å². The molecule has 1 aliphatic heterocycles. The van der Waals surface area contributed by atoms with E-state index in [-0.39, 0.29) is 0 Å². The number of rotatable bonds is 5. The topological polar surface area (TPSA) is 33.1 Å². The van der Waals surface area contributed by atoms with Gasteiger partial charge < -0.3 is 5.32 Å². The van der Waals surface area contributed by atoms with Gasteiger partial charge in [0.05, 0.1) is 11.7 Å². The third-order valence-electron chi connectivity index (χ3n) is 3.82. The summed E-state index contributed by atoms with van der Waals surface area (Å²) in [5.74, 6) is 0. The highest BCUT2D eigenvalue weighted by Gasteiger charge is 2.17. The lowest BCUT2D eigenvalue weighted by Gasteiger charge is -2.31. The van der Waals surface area contributed by atoms with E-state index in [1.165, 1.54) is 5.69 Å². The molecule has 0 unspecified atom stereocenters. The first-order chi connectivity index (χ1) is 8.72. The van der Waals surface area contributed by atoms with E-state index in [0.29, 0.717) is 12.1 Å². The molecule has 102 valence electrons. The predicted octanol–water partition coefficient (Wildman–Crippen LogP) is 2.04. The molecule has 0 bridgehead atoms. The average molecular weight is 250 g/mol. The first-order valence-electron chi connectivity index (χ1n) is 7.22. The Labute approximate surface area is 110 Å². The van der Waals surface area contributed by atoms with Crippen molar-refractivity contribution in [3.63, 3.8) is 0 Å². The van der Waals surface area contributed by atoms with Crippen LogP contribution in [-0.2, 0) is 6.54 Å². The molecular weight excluding hydrogens is 224 g/mol. The number of nitrogens with one attached hydrogen (secondary N) is 1. The number of nitrogens with zero attached hydrogens (tertiary/aromatic N) is 3. The Morgan fingerprint density at radius 3 is 2.89 bits per heavy atom. The number of hydrogen-bond acceptors (Lipinski definition) is 3. The SMILES string of the molecule is CCC(CC)n1ccc(CN2CCN[C@H](C)C2)n1. The summed E-state index contributed by atoms with van der Waals surface area (Å²) in [4.78, 5) is 2.49. The fourth-order valence-electron chi connectivity index (χ4n) is 2.71. The summed E-state index contributed by atoms with van der Waals surface area (Å²) < 4.78 is 2.14. The van der Waals surface area contributed by atoms with E-state index in [4.69, 9.17) is 5.10 Å². The first kappa shape index (κ1) is 13.6. The molecule has 0 saturated carbocycles. The van der Waals surface area contributed by atoms with E-state index in [1.807, 2.05) is 0 Å². The zero-order valence-corrected chi connectivity index (χ0v) is 11.9. The maximum absolute atomic E-state index is 4.73. The van der Waals surface area contributed by atoms with Crippen molar-refractivity contribution < 1.29 is 0 Å². The van der Waals surface area contributed by atoms with Gasteiger partial charge in [-0.2, -0.15) is 5.10 Å². The molecule has 1 aromatic rings. The molecule has 0 spiro atoms. The van der Waals surface area contributed by atoms with E-state index < -0.39 is 0 Å². The molecule has 1 atom stereocenters. The minimum Gasteiger partial charge on any atom is -0.312 e. The van der Waals surface area contributed by atoms with E-state index in [0.717, 1.165) is 39.0 Å². The van der Waals surface area contributed by atoms with Gasteiger partial charge in [0.25, 0.3) is 0 Å². The van der Waals surface area contributed by atoms with E-state index in [1.54, 1.807) is 0 Å². The Hall–Kier alpha value is -0.870. The van der Waals surface area contributed by atoms with E-state index in [2.05, 4.69) is 47.9 Å². The summed E-state index contributed by atoms with van der Waals surface area (Å²) in [5.41, 5.74) is 1.20. The Morgan fingerprint density at radius 1 is 1.44 bits per heavy atom. The Balaban J connectivity index is 1.93. The molecule has 2 rings (SSSR count). The molecule has 4 heteroatoms. The highest BCUT2D eigenvalue weighted by atomic mass is 15.3. The third-order valence-corrected chi connectivity index (χ3v) is 3.82. The van der Waals surface area contributed by atoms with Crippen LogP contribution in [0.3, 0.4) is 0 Å². The molecule has 4 nitrogen and oxygen atoms in total. The number of hydrogen-bond donors (Lipinski definition) is 1. The molecule has 18 heavy (non-hydrogen) atoms. The van der Waals surface area contributed by atoms with Crippen molar-refractivity contribution in [1.82, 2.24) is 20.0 Å². The molecule has 0 radical (unpaired) electrons. The standard InChI is InChI=1S/C14H26N4/c1-4-14(5-2)18-8-6-13(16-18)11-17-9-7-15-12(3)10-17/h6,8,12,14-15H,4-5,7,9-11H2,1-3H3/t12-/m1/s1. The van der Waals surface area contributed by atoms with Crippen molar-refractivity contribution in [2.75, 3.05) is 19.6 Å². The molecule has 2 heterocycles. The van der Waals surface area contributed by atoms with E-state index in [9.17, 15) is 0 Å². The van der Waals surface area contributed by atoms with Gasteiger partial charge in [-0.1, -0.05) is 13.8 Å². The molecule has 0 aromatic carbocycles. The normalized spacial score (nSPS) is 21.7. The lowest BCUT2D eigenvalue weighted by molar-refractivity contribution is 0.197. The van der Waals surface area contributed by atoms with Crippen LogP contribution in [0.1, 0.15) is 45.3 Å². The quantitative estimate of drug-likeness (QED) is 0.868. The van der Waals surface area contributed by atoms with Gasteiger partial charge in [-0.3, -0.25) is 9.58 Å². The zero-order valence-electron chi connectivity index (χ0n) is 11.9. The zero-order chi connectivity index (χ0) is 13.0. The smallest absolute Gasteiger partial charge is 0.0764 e. The van der Waals surface area contributed by atoms with Gasteiger partial charge in [0.1, 0.15) is 0 Å². The maximum Gasteiger partial charge on any atom is 0.0764 e. The van der Waals surface area contributed by atoms with Crippen LogP contribution in [0.5, 0.6) is 0 Å². The number of aromatic nitrogens is 2. The van der Waals surface area contributed by atoms with Gasteiger partial charge in [-0.15, -0.1) is 0 Å². The summed E-state index contributed by atoms with van der Waals surface area (Å²) in [6.07, 6.45) is 4.45. The van der Waals surface area contributed by atoms with Crippen molar-refractivity contribution in [2.24, 2.45) is 0 Å². The maximum atomic E-state index is 4.73. The molecule has 0 amide bonds. The molecule has 1 saturated heterocycles. The van der Waals surface area contributed by atoms with Crippen molar-refractivity contribution in [3.8, 4) is 0 Å². The minimum atomic E-state index is 0.556. The van der Waals surface area contributed by atoms with Crippen LogP contribution in [0.25, 0.3) is 0 Å². The highest BCUT2D eigenvalue weighted by molar-refractivity contribution is 5.00. The Morgan fingerprint density at radius 2 is 2.22 bits per heavy atom. The van der Waals surface area contributed by atoms with Crippen LogP contribution in [0.2, 0.25) is 0 Å². The van der Waals surface area contributed by atoms with Crippen molar-refractivity contribution in [3.05, 3.63) is 18.0 Å². The van der Waals surface area contributed by atoms with Crippen LogP contribution in [0, 0.1) is 0 Å².